The minimum atomic E-state index is -2.88. The van der Waals surface area contributed by atoms with Gasteiger partial charge in [0.1, 0.15) is 5.75 Å². The molecule has 0 radical (unpaired) electrons. The van der Waals surface area contributed by atoms with Crippen LogP contribution >= 0.6 is 0 Å². The molecule has 0 aliphatic rings. The van der Waals surface area contributed by atoms with Crippen LogP contribution in [0.2, 0.25) is 0 Å². The minimum Gasteiger partial charge on any atom is -0.435 e. The van der Waals surface area contributed by atoms with E-state index in [0.717, 1.165) is 0 Å². The van der Waals surface area contributed by atoms with Crippen molar-refractivity contribution < 1.29 is 23.6 Å². The lowest BCUT2D eigenvalue weighted by Crippen LogP contribution is -2.29. The molecule has 14 heavy (non-hydrogen) atoms. The highest BCUT2D eigenvalue weighted by Crippen LogP contribution is 2.17. The first-order chi connectivity index (χ1) is 6.50. The molecular weight excluding hydrogens is 193 g/mol. The van der Waals surface area contributed by atoms with E-state index in [-0.39, 0.29) is 11.2 Å². The van der Waals surface area contributed by atoms with E-state index in [2.05, 4.69) is 4.74 Å². The summed E-state index contributed by atoms with van der Waals surface area (Å²) in [5, 5.41) is 17.6. The van der Waals surface area contributed by atoms with Gasteiger partial charge in [-0.25, -0.2) is 0 Å². The molecule has 1 rings (SSSR count). The van der Waals surface area contributed by atoms with Crippen LogP contribution in [0.1, 0.15) is 5.56 Å². The van der Waals surface area contributed by atoms with Crippen LogP contribution in [0.4, 0.5) is 8.78 Å². The molecular formula is C8H9BF2O3. The zero-order chi connectivity index (χ0) is 10.7. The standard InChI is InChI=1S/C8H9BF2O3/c1-5-4-6(9(12)13)2-3-7(5)14-8(10)11/h2-4,8,12-13H,1H3. The molecule has 1 aromatic rings. The molecule has 6 heteroatoms. The molecule has 1 aromatic carbocycles. The van der Waals surface area contributed by atoms with Gasteiger partial charge in [0.2, 0.25) is 0 Å². The monoisotopic (exact) mass is 202 g/mol. The Kier molecular flexibility index (Phi) is 3.43. The number of hydrogen-bond donors (Lipinski definition) is 2. The molecule has 0 aliphatic heterocycles. The summed E-state index contributed by atoms with van der Waals surface area (Å²) in [4.78, 5) is 0. The quantitative estimate of drug-likeness (QED) is 0.692. The van der Waals surface area contributed by atoms with Crippen molar-refractivity contribution in [2.75, 3.05) is 0 Å². The molecule has 0 saturated heterocycles. The third-order valence-corrected chi connectivity index (χ3v) is 1.71. The third-order valence-electron chi connectivity index (χ3n) is 1.71. The highest BCUT2D eigenvalue weighted by molar-refractivity contribution is 6.58. The Morgan fingerprint density at radius 3 is 2.43 bits per heavy atom. The van der Waals surface area contributed by atoms with E-state index >= 15 is 0 Å². The summed E-state index contributed by atoms with van der Waals surface area (Å²) >= 11 is 0. The second kappa shape index (κ2) is 4.39. The fourth-order valence-corrected chi connectivity index (χ4v) is 1.06. The van der Waals surface area contributed by atoms with Gasteiger partial charge in [-0.05, 0) is 24.0 Å². The molecule has 0 fully saturated rings. The van der Waals surface area contributed by atoms with Crippen LogP contribution in [0.15, 0.2) is 18.2 Å². The van der Waals surface area contributed by atoms with Crippen LogP contribution < -0.4 is 10.2 Å². The molecule has 0 aromatic heterocycles. The molecule has 3 nitrogen and oxygen atoms in total. The summed E-state index contributed by atoms with van der Waals surface area (Å²) in [5.41, 5.74) is 0.667. The number of benzene rings is 1. The average Bonchev–Trinajstić information content (AvgIpc) is 2.07. The molecule has 0 amide bonds. The number of halogens is 2. The van der Waals surface area contributed by atoms with Crippen molar-refractivity contribution >= 4 is 12.6 Å². The van der Waals surface area contributed by atoms with Crippen molar-refractivity contribution in [3.05, 3.63) is 23.8 Å². The fraction of sp³-hybridized carbons (Fsp3) is 0.250. The Labute approximate surface area is 80.1 Å². The van der Waals surface area contributed by atoms with Crippen molar-refractivity contribution in [1.29, 1.82) is 0 Å². The first-order valence-corrected chi connectivity index (χ1v) is 3.92. The highest BCUT2D eigenvalue weighted by atomic mass is 19.3. The van der Waals surface area contributed by atoms with Gasteiger partial charge in [0, 0.05) is 0 Å². The summed E-state index contributed by atoms with van der Waals surface area (Å²) in [6.45, 7) is -1.33. The summed E-state index contributed by atoms with van der Waals surface area (Å²) < 4.78 is 27.9. The van der Waals surface area contributed by atoms with E-state index in [4.69, 9.17) is 10.0 Å². The Morgan fingerprint density at radius 2 is 2.00 bits per heavy atom. The zero-order valence-electron chi connectivity index (χ0n) is 7.45. The number of rotatable bonds is 3. The van der Waals surface area contributed by atoms with Gasteiger partial charge < -0.3 is 14.8 Å². The van der Waals surface area contributed by atoms with Crippen LogP contribution in [-0.4, -0.2) is 23.8 Å². The Hall–Kier alpha value is -1.14. The first-order valence-electron chi connectivity index (χ1n) is 3.92. The summed E-state index contributed by atoms with van der Waals surface area (Å²) in [6.07, 6.45) is 0. The zero-order valence-corrected chi connectivity index (χ0v) is 7.45. The smallest absolute Gasteiger partial charge is 0.435 e. The summed E-state index contributed by atoms with van der Waals surface area (Å²) in [6, 6.07) is 3.97. The van der Waals surface area contributed by atoms with Gasteiger partial charge in [-0.15, -0.1) is 0 Å². The second-order valence-electron chi connectivity index (χ2n) is 2.78. The van der Waals surface area contributed by atoms with Crippen LogP contribution in [0.3, 0.4) is 0 Å². The highest BCUT2D eigenvalue weighted by Gasteiger charge is 2.13. The minimum absolute atomic E-state index is 0.0319. The van der Waals surface area contributed by atoms with Crippen LogP contribution in [0, 0.1) is 6.92 Å². The van der Waals surface area contributed by atoms with E-state index in [1.807, 2.05) is 0 Å². The lowest BCUT2D eigenvalue weighted by atomic mass is 9.79. The van der Waals surface area contributed by atoms with Gasteiger partial charge in [-0.2, -0.15) is 8.78 Å². The van der Waals surface area contributed by atoms with Crippen molar-refractivity contribution in [3.8, 4) is 5.75 Å². The fourth-order valence-electron chi connectivity index (χ4n) is 1.06. The molecule has 0 atom stereocenters. The number of hydrogen-bond acceptors (Lipinski definition) is 3. The molecule has 76 valence electrons. The van der Waals surface area contributed by atoms with Crippen molar-refractivity contribution in [2.45, 2.75) is 13.5 Å². The predicted molar refractivity (Wildman–Crippen MR) is 47.6 cm³/mol. The number of alkyl halides is 2. The molecule has 0 spiro atoms. The number of aryl methyl sites for hydroxylation is 1. The maximum atomic E-state index is 11.8. The van der Waals surface area contributed by atoms with Gasteiger partial charge in [0.05, 0.1) is 0 Å². The summed E-state index contributed by atoms with van der Waals surface area (Å²) in [5.74, 6) is 0.0319. The van der Waals surface area contributed by atoms with Gasteiger partial charge in [0.25, 0.3) is 0 Å². The SMILES string of the molecule is Cc1cc(B(O)O)ccc1OC(F)F. The Balaban J connectivity index is 2.90. The molecule has 0 aliphatic carbocycles. The van der Waals surface area contributed by atoms with Crippen LogP contribution in [0.25, 0.3) is 0 Å². The molecule has 0 heterocycles. The first kappa shape index (κ1) is 10.9. The largest absolute Gasteiger partial charge is 0.488 e. The maximum absolute atomic E-state index is 11.8. The van der Waals surface area contributed by atoms with Gasteiger partial charge in [0.15, 0.2) is 0 Å². The lowest BCUT2D eigenvalue weighted by molar-refractivity contribution is -0.0502. The van der Waals surface area contributed by atoms with E-state index in [1.165, 1.54) is 18.2 Å². The normalized spacial score (nSPS) is 10.4. The van der Waals surface area contributed by atoms with E-state index in [0.29, 0.717) is 5.56 Å². The molecule has 2 N–H and O–H groups in total. The number of ether oxygens (including phenoxy) is 1. The van der Waals surface area contributed by atoms with Crippen molar-refractivity contribution in [1.82, 2.24) is 0 Å². The molecule has 0 unspecified atom stereocenters. The van der Waals surface area contributed by atoms with Crippen LogP contribution in [0.5, 0.6) is 5.75 Å². The average molecular weight is 202 g/mol. The topological polar surface area (TPSA) is 49.7 Å². The van der Waals surface area contributed by atoms with E-state index < -0.39 is 13.7 Å². The van der Waals surface area contributed by atoms with Gasteiger partial charge in [-0.1, -0.05) is 12.1 Å². The summed E-state index contributed by atoms with van der Waals surface area (Å²) in [7, 11) is -1.60. The Bertz CT molecular complexity index is 317. The second-order valence-corrected chi connectivity index (χ2v) is 2.78. The van der Waals surface area contributed by atoms with Crippen molar-refractivity contribution in [3.63, 3.8) is 0 Å². The van der Waals surface area contributed by atoms with Gasteiger partial charge in [-0.3, -0.25) is 0 Å². The third kappa shape index (κ3) is 2.68. The van der Waals surface area contributed by atoms with E-state index in [9.17, 15) is 8.78 Å². The Morgan fingerprint density at radius 1 is 1.36 bits per heavy atom. The van der Waals surface area contributed by atoms with E-state index in [1.54, 1.807) is 6.92 Å². The predicted octanol–water partition coefficient (Wildman–Crippen LogP) is 0.276. The molecule has 0 bridgehead atoms. The van der Waals surface area contributed by atoms with Crippen LogP contribution in [-0.2, 0) is 0 Å². The lowest BCUT2D eigenvalue weighted by Gasteiger charge is -2.08. The van der Waals surface area contributed by atoms with Gasteiger partial charge >= 0.3 is 13.7 Å². The van der Waals surface area contributed by atoms with Crippen molar-refractivity contribution in [2.24, 2.45) is 0 Å². The molecule has 0 saturated carbocycles. The maximum Gasteiger partial charge on any atom is 0.488 e.